The molecule has 0 aromatic carbocycles. The van der Waals surface area contributed by atoms with E-state index < -0.39 is 0 Å². The summed E-state index contributed by atoms with van der Waals surface area (Å²) in [6.07, 6.45) is 7.06. The van der Waals surface area contributed by atoms with E-state index in [1.54, 1.807) is 0 Å². The van der Waals surface area contributed by atoms with Gasteiger partial charge in [-0.15, -0.1) is 0 Å². The van der Waals surface area contributed by atoms with E-state index in [9.17, 15) is 4.79 Å². The van der Waals surface area contributed by atoms with E-state index in [0.717, 1.165) is 19.3 Å². The van der Waals surface area contributed by atoms with Gasteiger partial charge in [-0.3, -0.25) is 4.79 Å². The fourth-order valence-corrected chi connectivity index (χ4v) is 1.72. The minimum absolute atomic E-state index is 0.0557. The zero-order valence-corrected chi connectivity index (χ0v) is 10.5. The third-order valence-corrected chi connectivity index (χ3v) is 2.76. The van der Waals surface area contributed by atoms with E-state index in [4.69, 9.17) is 4.74 Å². The Morgan fingerprint density at radius 1 is 1.27 bits per heavy atom. The highest BCUT2D eigenvalue weighted by atomic mass is 16.5. The van der Waals surface area contributed by atoms with Crippen LogP contribution in [0.2, 0.25) is 0 Å². The number of carbonyl (C=O) groups excluding carboxylic acids is 1. The summed E-state index contributed by atoms with van der Waals surface area (Å²) < 4.78 is 5.06. The van der Waals surface area contributed by atoms with Crippen molar-refractivity contribution in [1.29, 1.82) is 0 Å². The van der Waals surface area contributed by atoms with Gasteiger partial charge in [0.1, 0.15) is 0 Å². The number of hydrogen-bond acceptors (Lipinski definition) is 2. The molecular weight excluding hydrogens is 188 g/mol. The van der Waals surface area contributed by atoms with E-state index in [1.807, 2.05) is 26.0 Å². The molecule has 0 spiro atoms. The molecule has 0 bridgehead atoms. The molecule has 15 heavy (non-hydrogen) atoms. The number of hydrogen-bond donors (Lipinski definition) is 0. The summed E-state index contributed by atoms with van der Waals surface area (Å²) >= 11 is 0. The molecule has 0 fully saturated rings. The molecule has 0 aromatic heterocycles. The fourth-order valence-electron chi connectivity index (χ4n) is 1.72. The van der Waals surface area contributed by atoms with Gasteiger partial charge in [0, 0.05) is 0 Å². The van der Waals surface area contributed by atoms with Crippen molar-refractivity contribution in [1.82, 2.24) is 0 Å². The highest BCUT2D eigenvalue weighted by Gasteiger charge is 2.19. The molecule has 0 rings (SSSR count). The predicted molar refractivity (Wildman–Crippen MR) is 63.6 cm³/mol. The largest absolute Gasteiger partial charge is 0.466 e. The Kier molecular flexibility index (Phi) is 8.06. The van der Waals surface area contributed by atoms with Gasteiger partial charge in [-0.2, -0.15) is 0 Å². The number of allylic oxidation sites excluding steroid dienone is 1. The lowest BCUT2D eigenvalue weighted by Gasteiger charge is -2.17. The summed E-state index contributed by atoms with van der Waals surface area (Å²) in [7, 11) is 0. The molecule has 0 aliphatic carbocycles. The minimum Gasteiger partial charge on any atom is -0.466 e. The minimum atomic E-state index is -0.0810. The average Bonchev–Trinajstić information content (AvgIpc) is 2.24. The third-order valence-electron chi connectivity index (χ3n) is 2.76. The number of esters is 1. The molecule has 0 N–H and O–H groups in total. The Bertz CT molecular complexity index is 193. The van der Waals surface area contributed by atoms with Crippen LogP contribution in [0, 0.1) is 11.8 Å². The molecule has 88 valence electrons. The summed E-state index contributed by atoms with van der Waals surface area (Å²) in [5, 5.41) is 0. The highest BCUT2D eigenvalue weighted by Crippen LogP contribution is 2.21. The predicted octanol–water partition coefficient (Wildman–Crippen LogP) is 3.57. The molecule has 2 nitrogen and oxygen atoms in total. The molecule has 1 unspecified atom stereocenters. The first kappa shape index (κ1) is 14.2. The van der Waals surface area contributed by atoms with Crippen LogP contribution >= 0.6 is 0 Å². The molecule has 0 amide bonds. The maximum absolute atomic E-state index is 11.6. The number of ether oxygens (including phenoxy) is 1. The lowest BCUT2D eigenvalue weighted by Crippen LogP contribution is -2.19. The Labute approximate surface area is 93.7 Å². The maximum Gasteiger partial charge on any atom is 0.312 e. The van der Waals surface area contributed by atoms with Gasteiger partial charge in [0.15, 0.2) is 0 Å². The molecule has 1 atom stereocenters. The van der Waals surface area contributed by atoms with Crippen LogP contribution in [0.4, 0.5) is 0 Å². The SMILES string of the molecule is C/C=C\C(CC(CC)CC)C(=O)OCC. The molecule has 0 aliphatic rings. The Balaban J connectivity index is 4.31. The summed E-state index contributed by atoms with van der Waals surface area (Å²) in [4.78, 5) is 11.6. The fraction of sp³-hybridized carbons (Fsp3) is 0.769. The summed E-state index contributed by atoms with van der Waals surface area (Å²) in [5.41, 5.74) is 0. The van der Waals surface area contributed by atoms with E-state index >= 15 is 0 Å². The Morgan fingerprint density at radius 2 is 1.87 bits per heavy atom. The van der Waals surface area contributed by atoms with Crippen LogP contribution in [0.3, 0.4) is 0 Å². The van der Waals surface area contributed by atoms with Crippen molar-refractivity contribution < 1.29 is 9.53 Å². The Hall–Kier alpha value is -0.790. The molecule has 0 saturated heterocycles. The normalized spacial score (nSPS) is 13.4. The van der Waals surface area contributed by atoms with Crippen molar-refractivity contribution in [3.05, 3.63) is 12.2 Å². The van der Waals surface area contributed by atoms with Crippen molar-refractivity contribution in [2.75, 3.05) is 6.61 Å². The average molecular weight is 212 g/mol. The zero-order chi connectivity index (χ0) is 11.7. The highest BCUT2D eigenvalue weighted by molar-refractivity contribution is 5.74. The first-order valence-corrected chi connectivity index (χ1v) is 5.98. The van der Waals surface area contributed by atoms with Crippen molar-refractivity contribution >= 4 is 5.97 Å². The zero-order valence-electron chi connectivity index (χ0n) is 10.5. The van der Waals surface area contributed by atoms with Crippen molar-refractivity contribution in [3.8, 4) is 0 Å². The van der Waals surface area contributed by atoms with E-state index in [-0.39, 0.29) is 11.9 Å². The van der Waals surface area contributed by atoms with Gasteiger partial charge in [0.05, 0.1) is 12.5 Å². The van der Waals surface area contributed by atoms with Crippen LogP contribution in [0.25, 0.3) is 0 Å². The monoisotopic (exact) mass is 212 g/mol. The molecule has 2 heteroatoms. The second-order valence-corrected chi connectivity index (χ2v) is 3.80. The van der Waals surface area contributed by atoms with Crippen LogP contribution in [0.1, 0.15) is 47.0 Å². The molecule has 0 aliphatic heterocycles. The molecule has 0 aromatic rings. The van der Waals surface area contributed by atoms with Crippen LogP contribution in [-0.4, -0.2) is 12.6 Å². The van der Waals surface area contributed by atoms with E-state index in [1.165, 1.54) is 0 Å². The summed E-state index contributed by atoms with van der Waals surface area (Å²) in [6.45, 7) is 8.61. The van der Waals surface area contributed by atoms with Gasteiger partial charge in [0.2, 0.25) is 0 Å². The molecule has 0 heterocycles. The van der Waals surface area contributed by atoms with E-state index in [0.29, 0.717) is 12.5 Å². The van der Waals surface area contributed by atoms with Gasteiger partial charge in [-0.05, 0) is 26.2 Å². The van der Waals surface area contributed by atoms with Gasteiger partial charge < -0.3 is 4.74 Å². The van der Waals surface area contributed by atoms with Crippen molar-refractivity contribution in [2.24, 2.45) is 11.8 Å². The van der Waals surface area contributed by atoms with Crippen LogP contribution in [-0.2, 0) is 9.53 Å². The van der Waals surface area contributed by atoms with E-state index in [2.05, 4.69) is 13.8 Å². The standard InChI is InChI=1S/C13H24O2/c1-5-9-12(13(14)15-8-4)10-11(6-2)7-3/h5,9,11-12H,6-8,10H2,1-4H3/b9-5-. The maximum atomic E-state index is 11.6. The van der Waals surface area contributed by atoms with Crippen LogP contribution in [0.5, 0.6) is 0 Å². The van der Waals surface area contributed by atoms with Crippen molar-refractivity contribution in [2.45, 2.75) is 47.0 Å². The van der Waals surface area contributed by atoms with Gasteiger partial charge in [-0.25, -0.2) is 0 Å². The van der Waals surface area contributed by atoms with Gasteiger partial charge >= 0.3 is 5.97 Å². The summed E-state index contributed by atoms with van der Waals surface area (Å²) in [5.74, 6) is 0.484. The lowest BCUT2D eigenvalue weighted by molar-refractivity contribution is -0.146. The second kappa shape index (κ2) is 8.51. The first-order valence-electron chi connectivity index (χ1n) is 5.98. The number of carbonyl (C=O) groups is 1. The van der Waals surface area contributed by atoms with Gasteiger partial charge in [0.25, 0.3) is 0 Å². The smallest absolute Gasteiger partial charge is 0.312 e. The van der Waals surface area contributed by atoms with Crippen molar-refractivity contribution in [3.63, 3.8) is 0 Å². The quantitative estimate of drug-likeness (QED) is 0.476. The lowest BCUT2D eigenvalue weighted by atomic mass is 9.90. The van der Waals surface area contributed by atoms with Gasteiger partial charge in [-0.1, -0.05) is 38.8 Å². The molecule has 0 radical (unpaired) electrons. The second-order valence-electron chi connectivity index (χ2n) is 3.80. The Morgan fingerprint density at radius 3 is 2.27 bits per heavy atom. The topological polar surface area (TPSA) is 26.3 Å². The first-order chi connectivity index (χ1) is 7.19. The molecule has 0 saturated carbocycles. The summed E-state index contributed by atoms with van der Waals surface area (Å²) in [6, 6.07) is 0. The number of rotatable bonds is 7. The third kappa shape index (κ3) is 5.60. The van der Waals surface area contributed by atoms with Crippen LogP contribution in [0.15, 0.2) is 12.2 Å². The molecular formula is C13H24O2. The van der Waals surface area contributed by atoms with Crippen LogP contribution < -0.4 is 0 Å².